The summed E-state index contributed by atoms with van der Waals surface area (Å²) < 4.78 is 0. The summed E-state index contributed by atoms with van der Waals surface area (Å²) in [6, 6.07) is 7.36. The summed E-state index contributed by atoms with van der Waals surface area (Å²) in [7, 11) is 0. The summed E-state index contributed by atoms with van der Waals surface area (Å²) in [5, 5.41) is 9.45. The molecule has 2 rings (SSSR count). The van der Waals surface area contributed by atoms with E-state index in [1.807, 2.05) is 30.9 Å². The molecule has 1 aromatic rings. The fourth-order valence-corrected chi connectivity index (χ4v) is 2.40. The Labute approximate surface area is 114 Å². The van der Waals surface area contributed by atoms with Crippen LogP contribution in [-0.4, -0.2) is 47.0 Å². The van der Waals surface area contributed by atoms with Crippen molar-refractivity contribution in [1.82, 2.24) is 9.80 Å². The lowest BCUT2D eigenvalue weighted by molar-refractivity contribution is -0.136. The lowest BCUT2D eigenvalue weighted by atomic mass is 10.1. The zero-order chi connectivity index (χ0) is 13.8. The SMILES string of the molecule is CC(C)C(=O)N1CCN(Cc2cccc(O)c2)CC1. The second kappa shape index (κ2) is 6.06. The summed E-state index contributed by atoms with van der Waals surface area (Å²) >= 11 is 0. The zero-order valence-electron chi connectivity index (χ0n) is 11.7. The third-order valence-corrected chi connectivity index (χ3v) is 3.49. The zero-order valence-corrected chi connectivity index (χ0v) is 11.7. The molecule has 1 amide bonds. The molecule has 0 aromatic heterocycles. The van der Waals surface area contributed by atoms with Crippen LogP contribution in [0.4, 0.5) is 0 Å². The number of phenolic OH excluding ortho intramolecular Hbond substituents is 1. The Bertz CT molecular complexity index is 438. The molecular weight excluding hydrogens is 240 g/mol. The molecule has 4 nitrogen and oxygen atoms in total. The molecule has 1 saturated heterocycles. The predicted molar refractivity (Wildman–Crippen MR) is 74.8 cm³/mol. The van der Waals surface area contributed by atoms with Gasteiger partial charge in [-0.3, -0.25) is 9.69 Å². The van der Waals surface area contributed by atoms with Crippen LogP contribution in [0.2, 0.25) is 0 Å². The number of benzene rings is 1. The molecule has 0 saturated carbocycles. The monoisotopic (exact) mass is 262 g/mol. The molecule has 1 N–H and O–H groups in total. The van der Waals surface area contributed by atoms with Gasteiger partial charge in [-0.15, -0.1) is 0 Å². The van der Waals surface area contributed by atoms with Crippen LogP contribution in [0, 0.1) is 5.92 Å². The first-order valence-electron chi connectivity index (χ1n) is 6.85. The summed E-state index contributed by atoms with van der Waals surface area (Å²) in [5.41, 5.74) is 1.11. The smallest absolute Gasteiger partial charge is 0.225 e. The molecule has 1 aromatic carbocycles. The molecule has 1 heterocycles. The molecule has 0 aliphatic carbocycles. The Balaban J connectivity index is 1.85. The minimum atomic E-state index is 0.0811. The maximum atomic E-state index is 11.9. The van der Waals surface area contributed by atoms with Crippen molar-refractivity contribution in [3.05, 3.63) is 29.8 Å². The van der Waals surface area contributed by atoms with Crippen molar-refractivity contribution in [2.45, 2.75) is 20.4 Å². The van der Waals surface area contributed by atoms with Gasteiger partial charge in [0.15, 0.2) is 0 Å². The average Bonchev–Trinajstić information content (AvgIpc) is 2.39. The largest absolute Gasteiger partial charge is 0.508 e. The molecule has 1 aliphatic rings. The van der Waals surface area contributed by atoms with Gasteiger partial charge < -0.3 is 10.0 Å². The molecule has 0 bridgehead atoms. The summed E-state index contributed by atoms with van der Waals surface area (Å²) in [6.45, 7) is 8.12. The van der Waals surface area contributed by atoms with E-state index >= 15 is 0 Å². The number of hydrogen-bond donors (Lipinski definition) is 1. The number of phenols is 1. The summed E-state index contributed by atoms with van der Waals surface area (Å²) in [4.78, 5) is 16.1. The minimum absolute atomic E-state index is 0.0811. The number of piperazine rings is 1. The van der Waals surface area contributed by atoms with E-state index in [-0.39, 0.29) is 11.8 Å². The maximum Gasteiger partial charge on any atom is 0.225 e. The van der Waals surface area contributed by atoms with Crippen molar-refractivity contribution >= 4 is 5.91 Å². The lowest BCUT2D eigenvalue weighted by Gasteiger charge is -2.35. The molecular formula is C15H22N2O2. The maximum absolute atomic E-state index is 11.9. The van der Waals surface area contributed by atoms with Gasteiger partial charge in [0.1, 0.15) is 5.75 Å². The van der Waals surface area contributed by atoms with E-state index in [0.29, 0.717) is 5.75 Å². The van der Waals surface area contributed by atoms with Crippen LogP contribution in [0.1, 0.15) is 19.4 Å². The average molecular weight is 262 g/mol. The van der Waals surface area contributed by atoms with E-state index in [9.17, 15) is 9.90 Å². The quantitative estimate of drug-likeness (QED) is 0.901. The van der Waals surface area contributed by atoms with Gasteiger partial charge in [-0.05, 0) is 17.7 Å². The predicted octanol–water partition coefficient (Wildman–Crippen LogP) is 1.69. The number of aromatic hydroxyl groups is 1. The third-order valence-electron chi connectivity index (χ3n) is 3.49. The molecule has 0 atom stereocenters. The molecule has 4 heteroatoms. The van der Waals surface area contributed by atoms with Gasteiger partial charge in [0.25, 0.3) is 0 Å². The Hall–Kier alpha value is -1.55. The number of nitrogens with zero attached hydrogens (tertiary/aromatic N) is 2. The van der Waals surface area contributed by atoms with Gasteiger partial charge in [0, 0.05) is 38.6 Å². The highest BCUT2D eigenvalue weighted by Gasteiger charge is 2.22. The highest BCUT2D eigenvalue weighted by molar-refractivity contribution is 5.78. The number of hydrogen-bond acceptors (Lipinski definition) is 3. The molecule has 0 unspecified atom stereocenters. The molecule has 1 fully saturated rings. The van der Waals surface area contributed by atoms with Gasteiger partial charge in [-0.2, -0.15) is 0 Å². The fourth-order valence-electron chi connectivity index (χ4n) is 2.40. The van der Waals surface area contributed by atoms with Crippen molar-refractivity contribution in [1.29, 1.82) is 0 Å². The van der Waals surface area contributed by atoms with Gasteiger partial charge in [0.05, 0.1) is 0 Å². The van der Waals surface area contributed by atoms with Crippen LogP contribution in [-0.2, 0) is 11.3 Å². The van der Waals surface area contributed by atoms with E-state index in [0.717, 1.165) is 38.3 Å². The lowest BCUT2D eigenvalue weighted by Crippen LogP contribution is -2.49. The van der Waals surface area contributed by atoms with E-state index in [2.05, 4.69) is 4.90 Å². The molecule has 0 spiro atoms. The van der Waals surface area contributed by atoms with Gasteiger partial charge in [-0.1, -0.05) is 26.0 Å². The van der Waals surface area contributed by atoms with Crippen LogP contribution in [0.25, 0.3) is 0 Å². The van der Waals surface area contributed by atoms with Gasteiger partial charge in [0.2, 0.25) is 5.91 Å². The molecule has 0 radical (unpaired) electrons. The third kappa shape index (κ3) is 3.70. The van der Waals surface area contributed by atoms with Crippen LogP contribution in [0.3, 0.4) is 0 Å². The van der Waals surface area contributed by atoms with Crippen molar-refractivity contribution < 1.29 is 9.90 Å². The van der Waals surface area contributed by atoms with E-state index in [1.165, 1.54) is 0 Å². The highest BCUT2D eigenvalue weighted by atomic mass is 16.3. The van der Waals surface area contributed by atoms with Crippen molar-refractivity contribution in [2.75, 3.05) is 26.2 Å². The van der Waals surface area contributed by atoms with Crippen molar-refractivity contribution in [3.63, 3.8) is 0 Å². The van der Waals surface area contributed by atoms with Crippen LogP contribution in [0.15, 0.2) is 24.3 Å². The first-order chi connectivity index (χ1) is 9.06. The standard InChI is InChI=1S/C15H22N2O2/c1-12(2)15(19)17-8-6-16(7-9-17)11-13-4-3-5-14(18)10-13/h3-5,10,12,18H,6-9,11H2,1-2H3. The van der Waals surface area contributed by atoms with E-state index < -0.39 is 0 Å². The number of carbonyl (C=O) groups excluding carboxylic acids is 1. The normalized spacial score (nSPS) is 16.9. The molecule has 104 valence electrons. The topological polar surface area (TPSA) is 43.8 Å². The number of rotatable bonds is 3. The molecule has 19 heavy (non-hydrogen) atoms. The second-order valence-corrected chi connectivity index (χ2v) is 5.43. The second-order valence-electron chi connectivity index (χ2n) is 5.43. The fraction of sp³-hybridized carbons (Fsp3) is 0.533. The minimum Gasteiger partial charge on any atom is -0.508 e. The van der Waals surface area contributed by atoms with E-state index in [4.69, 9.17) is 0 Å². The van der Waals surface area contributed by atoms with Crippen LogP contribution >= 0.6 is 0 Å². The van der Waals surface area contributed by atoms with Crippen LogP contribution < -0.4 is 0 Å². The Kier molecular flexibility index (Phi) is 4.43. The number of carbonyl (C=O) groups is 1. The Morgan fingerprint density at radius 3 is 2.53 bits per heavy atom. The van der Waals surface area contributed by atoms with Gasteiger partial charge in [-0.25, -0.2) is 0 Å². The van der Waals surface area contributed by atoms with Crippen LogP contribution in [0.5, 0.6) is 5.75 Å². The van der Waals surface area contributed by atoms with Gasteiger partial charge >= 0.3 is 0 Å². The summed E-state index contributed by atoms with van der Waals surface area (Å²) in [5.74, 6) is 0.640. The van der Waals surface area contributed by atoms with Crippen molar-refractivity contribution in [2.24, 2.45) is 5.92 Å². The Morgan fingerprint density at radius 1 is 1.26 bits per heavy atom. The molecule has 1 aliphatic heterocycles. The summed E-state index contributed by atoms with van der Waals surface area (Å²) in [6.07, 6.45) is 0. The first-order valence-corrected chi connectivity index (χ1v) is 6.85. The first kappa shape index (κ1) is 13.9. The number of amides is 1. The van der Waals surface area contributed by atoms with E-state index in [1.54, 1.807) is 12.1 Å². The highest BCUT2D eigenvalue weighted by Crippen LogP contribution is 2.14. The van der Waals surface area contributed by atoms with Crippen molar-refractivity contribution in [3.8, 4) is 5.75 Å². The Morgan fingerprint density at radius 2 is 1.95 bits per heavy atom.